The van der Waals surface area contributed by atoms with E-state index in [0.29, 0.717) is 9.75 Å². The van der Waals surface area contributed by atoms with Crippen LogP contribution in [0.1, 0.15) is 21.0 Å². The Balaban J connectivity index is 2.32. The van der Waals surface area contributed by atoms with Gasteiger partial charge in [0.05, 0.1) is 16.3 Å². The Kier molecular flexibility index (Phi) is 4.28. The van der Waals surface area contributed by atoms with E-state index in [0.717, 1.165) is 11.3 Å². The highest BCUT2D eigenvalue weighted by Crippen LogP contribution is 2.38. The molecule has 4 nitrogen and oxygen atoms in total. The molecule has 0 aliphatic rings. The van der Waals surface area contributed by atoms with Crippen LogP contribution in [0.15, 0.2) is 16.7 Å². The Labute approximate surface area is 128 Å². The summed E-state index contributed by atoms with van der Waals surface area (Å²) in [5.74, 6) is 0.912. The van der Waals surface area contributed by atoms with Crippen LogP contribution in [0.5, 0.6) is 0 Å². The first-order valence-electron chi connectivity index (χ1n) is 6.08. The fourth-order valence-corrected chi connectivity index (χ4v) is 2.85. The van der Waals surface area contributed by atoms with E-state index in [1.807, 2.05) is 0 Å². The molecule has 0 aliphatic heterocycles. The minimum atomic E-state index is -4.60. The van der Waals surface area contributed by atoms with Crippen molar-refractivity contribution in [2.75, 3.05) is 13.6 Å². The first-order chi connectivity index (χ1) is 10.3. The SMILES string of the molecule is C#CCN(C)C(=O)c1ccc(-c2noc(C(F)(F)F)c2C)s1. The number of carbonyl (C=O) groups excluding carboxylic acids is 1. The van der Waals surface area contributed by atoms with Gasteiger partial charge in [0.2, 0.25) is 5.76 Å². The minimum absolute atomic E-state index is 0.0796. The molecule has 0 N–H and O–H groups in total. The molecule has 0 aliphatic carbocycles. The van der Waals surface area contributed by atoms with E-state index < -0.39 is 11.9 Å². The molecule has 0 unspecified atom stereocenters. The van der Waals surface area contributed by atoms with Crippen molar-refractivity contribution >= 4 is 17.2 Å². The average Bonchev–Trinajstić information content (AvgIpc) is 3.03. The lowest BCUT2D eigenvalue weighted by molar-refractivity contribution is -0.156. The molecule has 2 rings (SSSR count). The van der Waals surface area contributed by atoms with Crippen LogP contribution >= 0.6 is 11.3 Å². The maximum absolute atomic E-state index is 12.7. The Hall–Kier alpha value is -2.27. The molecule has 2 heterocycles. The van der Waals surface area contributed by atoms with Crippen LogP contribution < -0.4 is 0 Å². The van der Waals surface area contributed by atoms with Gasteiger partial charge in [-0.15, -0.1) is 17.8 Å². The molecule has 0 saturated carbocycles. The number of nitrogens with zero attached hydrogens (tertiary/aromatic N) is 2. The predicted molar refractivity (Wildman–Crippen MR) is 75.3 cm³/mol. The summed E-state index contributed by atoms with van der Waals surface area (Å²) in [6.07, 6.45) is 0.537. The highest BCUT2D eigenvalue weighted by Gasteiger charge is 2.39. The largest absolute Gasteiger partial charge is 0.452 e. The maximum Gasteiger partial charge on any atom is 0.452 e. The summed E-state index contributed by atoms with van der Waals surface area (Å²) in [6.45, 7) is 1.42. The van der Waals surface area contributed by atoms with Crippen LogP contribution in [0.3, 0.4) is 0 Å². The van der Waals surface area contributed by atoms with Crippen molar-refractivity contribution in [1.29, 1.82) is 0 Å². The Morgan fingerprint density at radius 2 is 2.18 bits per heavy atom. The van der Waals surface area contributed by atoms with Gasteiger partial charge in [0, 0.05) is 12.6 Å². The number of terminal acetylenes is 1. The van der Waals surface area contributed by atoms with Gasteiger partial charge in [0.25, 0.3) is 5.91 Å². The van der Waals surface area contributed by atoms with Gasteiger partial charge < -0.3 is 9.42 Å². The summed E-state index contributed by atoms with van der Waals surface area (Å²) in [7, 11) is 1.55. The number of hydrogen-bond donors (Lipinski definition) is 0. The number of carbonyl (C=O) groups is 1. The molecular weight excluding hydrogens is 317 g/mol. The van der Waals surface area contributed by atoms with Crippen LogP contribution in [0.2, 0.25) is 0 Å². The first kappa shape index (κ1) is 16.1. The van der Waals surface area contributed by atoms with Crippen molar-refractivity contribution in [2.24, 2.45) is 0 Å². The molecule has 0 saturated heterocycles. The number of halogens is 3. The van der Waals surface area contributed by atoms with Crippen LogP contribution in [0.4, 0.5) is 13.2 Å². The Bertz CT molecular complexity index is 740. The Morgan fingerprint density at radius 3 is 2.73 bits per heavy atom. The zero-order chi connectivity index (χ0) is 16.5. The molecule has 1 amide bonds. The summed E-state index contributed by atoms with van der Waals surface area (Å²) < 4.78 is 42.5. The van der Waals surface area contributed by atoms with E-state index in [4.69, 9.17) is 6.42 Å². The number of aromatic nitrogens is 1. The van der Waals surface area contributed by atoms with Crippen LogP contribution in [-0.2, 0) is 6.18 Å². The van der Waals surface area contributed by atoms with Crippen molar-refractivity contribution in [3.05, 3.63) is 28.3 Å². The fraction of sp³-hybridized carbons (Fsp3) is 0.286. The highest BCUT2D eigenvalue weighted by molar-refractivity contribution is 7.17. The maximum atomic E-state index is 12.7. The van der Waals surface area contributed by atoms with Crippen molar-refractivity contribution in [2.45, 2.75) is 13.1 Å². The fourth-order valence-electron chi connectivity index (χ4n) is 1.81. The van der Waals surface area contributed by atoms with Crippen molar-refractivity contribution in [3.63, 3.8) is 0 Å². The second kappa shape index (κ2) is 5.85. The molecule has 0 fully saturated rings. The molecular formula is C14H11F3N2O2S. The van der Waals surface area contributed by atoms with Gasteiger partial charge in [0.1, 0.15) is 5.69 Å². The van der Waals surface area contributed by atoms with E-state index in [-0.39, 0.29) is 23.7 Å². The van der Waals surface area contributed by atoms with Crippen LogP contribution in [-0.4, -0.2) is 29.6 Å². The van der Waals surface area contributed by atoms with Gasteiger partial charge in [-0.2, -0.15) is 13.2 Å². The highest BCUT2D eigenvalue weighted by atomic mass is 32.1. The van der Waals surface area contributed by atoms with E-state index in [1.54, 1.807) is 7.05 Å². The summed E-state index contributed by atoms with van der Waals surface area (Å²) in [5.41, 5.74) is -0.0266. The third kappa shape index (κ3) is 2.99. The normalized spacial score (nSPS) is 11.3. The van der Waals surface area contributed by atoms with Gasteiger partial charge >= 0.3 is 6.18 Å². The second-order valence-electron chi connectivity index (χ2n) is 4.51. The number of alkyl halides is 3. The summed E-state index contributed by atoms with van der Waals surface area (Å²) in [5, 5.41) is 3.46. The lowest BCUT2D eigenvalue weighted by Crippen LogP contribution is -2.26. The smallest absolute Gasteiger partial charge is 0.351 e. The summed E-state index contributed by atoms with van der Waals surface area (Å²) in [4.78, 5) is 14.2. The average molecular weight is 328 g/mol. The quantitative estimate of drug-likeness (QED) is 0.811. The summed E-state index contributed by atoms with van der Waals surface area (Å²) >= 11 is 1.04. The molecule has 0 radical (unpaired) electrons. The van der Waals surface area contributed by atoms with Gasteiger partial charge in [0.15, 0.2) is 0 Å². The zero-order valence-corrected chi connectivity index (χ0v) is 12.5. The topological polar surface area (TPSA) is 46.3 Å². The van der Waals surface area contributed by atoms with Gasteiger partial charge in [-0.05, 0) is 19.1 Å². The molecule has 2 aromatic heterocycles. The van der Waals surface area contributed by atoms with Crippen molar-refractivity contribution in [1.82, 2.24) is 10.1 Å². The molecule has 0 bridgehead atoms. The lowest BCUT2D eigenvalue weighted by atomic mass is 10.2. The third-order valence-electron chi connectivity index (χ3n) is 2.91. The lowest BCUT2D eigenvalue weighted by Gasteiger charge is -2.11. The second-order valence-corrected chi connectivity index (χ2v) is 5.60. The van der Waals surface area contributed by atoms with Gasteiger partial charge in [-0.25, -0.2) is 0 Å². The molecule has 0 aromatic carbocycles. The van der Waals surface area contributed by atoms with Gasteiger partial charge in [-0.3, -0.25) is 4.79 Å². The van der Waals surface area contributed by atoms with E-state index >= 15 is 0 Å². The zero-order valence-electron chi connectivity index (χ0n) is 11.7. The predicted octanol–water partition coefficient (Wildman–Crippen LogP) is 3.44. The number of rotatable bonds is 3. The van der Waals surface area contributed by atoms with Crippen LogP contribution in [0.25, 0.3) is 10.6 Å². The van der Waals surface area contributed by atoms with Gasteiger partial charge in [-0.1, -0.05) is 11.1 Å². The molecule has 0 spiro atoms. The molecule has 2 aromatic rings. The number of thiophene rings is 1. The first-order valence-corrected chi connectivity index (χ1v) is 6.90. The Morgan fingerprint density at radius 1 is 1.50 bits per heavy atom. The monoisotopic (exact) mass is 328 g/mol. The number of amides is 1. The van der Waals surface area contributed by atoms with E-state index in [1.165, 1.54) is 24.0 Å². The van der Waals surface area contributed by atoms with E-state index in [2.05, 4.69) is 15.6 Å². The molecule has 8 heteroatoms. The van der Waals surface area contributed by atoms with E-state index in [9.17, 15) is 18.0 Å². The van der Waals surface area contributed by atoms with Crippen LogP contribution in [0, 0.1) is 19.3 Å². The number of hydrogen-bond acceptors (Lipinski definition) is 4. The third-order valence-corrected chi connectivity index (χ3v) is 3.99. The molecule has 22 heavy (non-hydrogen) atoms. The van der Waals surface area contributed by atoms with Crippen molar-refractivity contribution in [3.8, 4) is 22.9 Å². The molecule has 0 atom stereocenters. The minimum Gasteiger partial charge on any atom is -0.351 e. The molecule has 116 valence electrons. The van der Waals surface area contributed by atoms with Crippen molar-refractivity contribution < 1.29 is 22.5 Å². The summed E-state index contributed by atoms with van der Waals surface area (Å²) in [6, 6.07) is 3.06. The standard InChI is InChI=1S/C14H11F3N2O2S/c1-4-7-19(3)13(20)10-6-5-9(22-10)11-8(2)12(21-18-11)14(15,16)17/h1,5-6H,7H2,2-3H3.